The highest BCUT2D eigenvalue weighted by Gasteiger charge is 2.29. The third kappa shape index (κ3) is 5.34. The molecule has 1 atom stereocenters. The highest BCUT2D eigenvalue weighted by atomic mass is 35.5. The Morgan fingerprint density at radius 2 is 1.83 bits per heavy atom. The minimum Gasteiger partial charge on any atom is -0.497 e. The number of piperazine rings is 1. The summed E-state index contributed by atoms with van der Waals surface area (Å²) < 4.78 is 16.3. The average molecular weight is 421 g/mol. The number of rotatable bonds is 7. The van der Waals surface area contributed by atoms with Gasteiger partial charge in [0, 0.05) is 31.6 Å². The van der Waals surface area contributed by atoms with Crippen LogP contribution in [-0.4, -0.2) is 51.8 Å². The van der Waals surface area contributed by atoms with Crippen molar-refractivity contribution in [1.29, 1.82) is 0 Å². The molecule has 1 aliphatic rings. The second kappa shape index (κ2) is 10.9. The molecule has 1 N–H and O–H groups in total. The molecule has 3 rings (SSSR count). The lowest BCUT2D eigenvalue weighted by Crippen LogP contribution is -2.48. The number of methoxy groups -OCH3 is 3. The number of halogens is 1. The van der Waals surface area contributed by atoms with Gasteiger partial charge in [0.25, 0.3) is 0 Å². The number of para-hydroxylation sites is 1. The first-order valence-electron chi connectivity index (χ1n) is 9.52. The standard InChI is InChI=1S/C22H28N2O4.ClH/c1-26-17-9-10-20(27-2)16(14-17)8-11-22(25)24-13-12-23-15-19(24)18-6-4-5-7-21(18)28-3;/h4-7,9-10,14,19,23H,8,11-13,15H2,1-3H3;1H. The van der Waals surface area contributed by atoms with Gasteiger partial charge in [-0.2, -0.15) is 0 Å². The van der Waals surface area contributed by atoms with E-state index >= 15 is 0 Å². The van der Waals surface area contributed by atoms with Gasteiger partial charge in [-0.1, -0.05) is 18.2 Å². The third-order valence-electron chi connectivity index (χ3n) is 5.16. The van der Waals surface area contributed by atoms with Gasteiger partial charge in [-0.3, -0.25) is 4.79 Å². The van der Waals surface area contributed by atoms with Gasteiger partial charge < -0.3 is 24.4 Å². The summed E-state index contributed by atoms with van der Waals surface area (Å²) in [6.45, 7) is 2.19. The molecule has 0 aliphatic carbocycles. The van der Waals surface area contributed by atoms with Crippen LogP contribution < -0.4 is 19.5 Å². The minimum absolute atomic E-state index is 0. The van der Waals surface area contributed by atoms with Crippen molar-refractivity contribution in [3.63, 3.8) is 0 Å². The molecule has 1 saturated heterocycles. The first kappa shape index (κ1) is 22.8. The van der Waals surface area contributed by atoms with Crippen LogP contribution in [0.25, 0.3) is 0 Å². The molecule has 1 unspecified atom stereocenters. The maximum Gasteiger partial charge on any atom is 0.223 e. The van der Waals surface area contributed by atoms with E-state index in [0.717, 1.165) is 34.9 Å². The number of nitrogens with zero attached hydrogens (tertiary/aromatic N) is 1. The van der Waals surface area contributed by atoms with Crippen molar-refractivity contribution in [2.75, 3.05) is 41.0 Å². The highest BCUT2D eigenvalue weighted by Crippen LogP contribution is 2.31. The molecule has 0 bridgehead atoms. The Hall–Kier alpha value is -2.44. The molecule has 1 heterocycles. The minimum atomic E-state index is -0.0374. The van der Waals surface area contributed by atoms with Crippen LogP contribution in [0, 0.1) is 0 Å². The Labute approximate surface area is 178 Å². The topological polar surface area (TPSA) is 60.0 Å². The molecule has 0 radical (unpaired) electrons. The molecular weight excluding hydrogens is 392 g/mol. The van der Waals surface area contributed by atoms with Gasteiger partial charge in [-0.25, -0.2) is 0 Å². The molecule has 0 saturated carbocycles. The fraction of sp³-hybridized carbons (Fsp3) is 0.409. The second-order valence-electron chi connectivity index (χ2n) is 6.73. The molecular formula is C22H29ClN2O4. The van der Waals surface area contributed by atoms with Gasteiger partial charge >= 0.3 is 0 Å². The smallest absolute Gasteiger partial charge is 0.223 e. The zero-order chi connectivity index (χ0) is 19.9. The lowest BCUT2D eigenvalue weighted by molar-refractivity contribution is -0.134. The lowest BCUT2D eigenvalue weighted by Gasteiger charge is -2.37. The average Bonchev–Trinajstić information content (AvgIpc) is 2.77. The Kier molecular flexibility index (Phi) is 8.61. The van der Waals surface area contributed by atoms with Crippen LogP contribution >= 0.6 is 12.4 Å². The fourth-order valence-electron chi connectivity index (χ4n) is 3.68. The monoisotopic (exact) mass is 420 g/mol. The Balaban J connectivity index is 0.00000300. The molecule has 2 aromatic rings. The van der Waals surface area contributed by atoms with Crippen LogP contribution in [0.15, 0.2) is 42.5 Å². The van der Waals surface area contributed by atoms with E-state index in [1.54, 1.807) is 21.3 Å². The summed E-state index contributed by atoms with van der Waals surface area (Å²) in [5.41, 5.74) is 2.00. The molecule has 0 aromatic heterocycles. The van der Waals surface area contributed by atoms with E-state index in [0.29, 0.717) is 25.9 Å². The summed E-state index contributed by atoms with van der Waals surface area (Å²) in [5.74, 6) is 2.47. The van der Waals surface area contributed by atoms with Crippen LogP contribution in [0.5, 0.6) is 17.2 Å². The van der Waals surface area contributed by atoms with Crippen molar-refractivity contribution in [1.82, 2.24) is 10.2 Å². The molecule has 7 heteroatoms. The molecule has 1 aliphatic heterocycles. The molecule has 29 heavy (non-hydrogen) atoms. The molecule has 2 aromatic carbocycles. The van der Waals surface area contributed by atoms with Crippen molar-refractivity contribution in [3.05, 3.63) is 53.6 Å². The van der Waals surface area contributed by atoms with Crippen LogP contribution in [0.1, 0.15) is 23.6 Å². The van der Waals surface area contributed by atoms with E-state index in [9.17, 15) is 4.79 Å². The van der Waals surface area contributed by atoms with Gasteiger partial charge in [0.05, 0.1) is 27.4 Å². The van der Waals surface area contributed by atoms with E-state index < -0.39 is 0 Å². The number of aryl methyl sites for hydroxylation is 1. The summed E-state index contributed by atoms with van der Waals surface area (Å²) in [5, 5.41) is 3.39. The number of carbonyl (C=O) groups is 1. The first-order valence-corrected chi connectivity index (χ1v) is 9.52. The van der Waals surface area contributed by atoms with Gasteiger partial charge in [0.1, 0.15) is 17.2 Å². The van der Waals surface area contributed by atoms with Crippen molar-refractivity contribution in [2.45, 2.75) is 18.9 Å². The highest BCUT2D eigenvalue weighted by molar-refractivity contribution is 5.85. The zero-order valence-corrected chi connectivity index (χ0v) is 18.0. The van der Waals surface area contributed by atoms with Crippen LogP contribution in [-0.2, 0) is 11.2 Å². The van der Waals surface area contributed by atoms with Gasteiger partial charge in [0.15, 0.2) is 0 Å². The fourth-order valence-corrected chi connectivity index (χ4v) is 3.68. The van der Waals surface area contributed by atoms with Gasteiger partial charge in [0.2, 0.25) is 5.91 Å². The van der Waals surface area contributed by atoms with E-state index in [1.165, 1.54) is 0 Å². The second-order valence-corrected chi connectivity index (χ2v) is 6.73. The SMILES string of the molecule is COc1ccc(OC)c(CCC(=O)N2CCNCC2c2ccccc2OC)c1.Cl. The van der Waals surface area contributed by atoms with Crippen molar-refractivity contribution in [2.24, 2.45) is 0 Å². The normalized spacial score (nSPS) is 16.0. The van der Waals surface area contributed by atoms with Crippen LogP contribution in [0.3, 0.4) is 0 Å². The summed E-state index contributed by atoms with van der Waals surface area (Å²) in [6, 6.07) is 13.5. The third-order valence-corrected chi connectivity index (χ3v) is 5.16. The Bertz CT molecular complexity index is 815. The molecule has 158 valence electrons. The molecule has 6 nitrogen and oxygen atoms in total. The van der Waals surface area contributed by atoms with E-state index in [1.807, 2.05) is 47.4 Å². The lowest BCUT2D eigenvalue weighted by atomic mass is 10.0. The zero-order valence-electron chi connectivity index (χ0n) is 17.1. The molecule has 1 amide bonds. The Morgan fingerprint density at radius 1 is 1.07 bits per heavy atom. The van der Waals surface area contributed by atoms with Crippen LogP contribution in [0.4, 0.5) is 0 Å². The number of nitrogens with one attached hydrogen (secondary N) is 1. The van der Waals surface area contributed by atoms with Crippen molar-refractivity contribution >= 4 is 18.3 Å². The molecule has 1 fully saturated rings. The maximum atomic E-state index is 13.1. The van der Waals surface area contributed by atoms with Gasteiger partial charge in [-0.15, -0.1) is 12.4 Å². The number of ether oxygens (including phenoxy) is 3. The number of benzene rings is 2. The first-order chi connectivity index (χ1) is 13.7. The van der Waals surface area contributed by atoms with E-state index in [-0.39, 0.29) is 24.4 Å². The van der Waals surface area contributed by atoms with E-state index in [2.05, 4.69) is 5.32 Å². The van der Waals surface area contributed by atoms with Crippen molar-refractivity contribution in [3.8, 4) is 17.2 Å². The summed E-state index contributed by atoms with van der Waals surface area (Å²) in [7, 11) is 4.94. The number of hydrogen-bond acceptors (Lipinski definition) is 5. The maximum absolute atomic E-state index is 13.1. The summed E-state index contributed by atoms with van der Waals surface area (Å²) in [4.78, 5) is 15.1. The predicted octanol–water partition coefficient (Wildman–Crippen LogP) is 3.24. The van der Waals surface area contributed by atoms with E-state index in [4.69, 9.17) is 14.2 Å². The summed E-state index contributed by atoms with van der Waals surface area (Å²) >= 11 is 0. The van der Waals surface area contributed by atoms with Crippen LogP contribution in [0.2, 0.25) is 0 Å². The predicted molar refractivity (Wildman–Crippen MR) is 115 cm³/mol. The number of carbonyl (C=O) groups excluding carboxylic acids is 1. The quantitative estimate of drug-likeness (QED) is 0.745. The van der Waals surface area contributed by atoms with Gasteiger partial charge in [-0.05, 0) is 36.2 Å². The molecule has 0 spiro atoms. The number of amides is 1. The summed E-state index contributed by atoms with van der Waals surface area (Å²) in [6.07, 6.45) is 1.01. The Morgan fingerprint density at radius 3 is 2.55 bits per heavy atom. The van der Waals surface area contributed by atoms with Crippen molar-refractivity contribution < 1.29 is 19.0 Å². The number of hydrogen-bond donors (Lipinski definition) is 1. The largest absolute Gasteiger partial charge is 0.497 e.